The molecule has 2 aromatic rings. The number of hydrogen-bond acceptors (Lipinski definition) is 2. The molecule has 0 bridgehead atoms. The quantitative estimate of drug-likeness (QED) is 0.843. The van der Waals surface area contributed by atoms with Gasteiger partial charge in [0.15, 0.2) is 0 Å². The zero-order valence-electron chi connectivity index (χ0n) is 13.5. The largest absolute Gasteiger partial charge is 0.331 e. The number of nitrogens with zero attached hydrogens (tertiary/aromatic N) is 2. The first-order valence-corrected chi connectivity index (χ1v) is 8.34. The molecule has 0 aliphatic heterocycles. The Kier molecular flexibility index (Phi) is 4.29. The van der Waals surface area contributed by atoms with E-state index >= 15 is 0 Å². The maximum absolute atomic E-state index is 4.85. The molecule has 3 nitrogen and oxygen atoms in total. The van der Waals surface area contributed by atoms with E-state index in [-0.39, 0.29) is 0 Å². The molecule has 3 heteroatoms. The molecule has 21 heavy (non-hydrogen) atoms. The average molecular weight is 285 g/mol. The second kappa shape index (κ2) is 6.18. The van der Waals surface area contributed by atoms with E-state index in [1.807, 2.05) is 0 Å². The highest BCUT2D eigenvalue weighted by Gasteiger charge is 2.33. The first kappa shape index (κ1) is 14.6. The molecule has 1 N–H and O–H groups in total. The van der Waals surface area contributed by atoms with Crippen molar-refractivity contribution in [1.29, 1.82) is 0 Å². The van der Waals surface area contributed by atoms with Crippen LogP contribution in [0.2, 0.25) is 0 Å². The predicted octanol–water partition coefficient (Wildman–Crippen LogP) is 3.53. The van der Waals surface area contributed by atoms with Gasteiger partial charge in [0.2, 0.25) is 0 Å². The van der Waals surface area contributed by atoms with Gasteiger partial charge in [0.25, 0.3) is 0 Å². The lowest BCUT2D eigenvalue weighted by Gasteiger charge is -2.25. The Hall–Kier alpha value is -1.35. The Morgan fingerprint density at radius 3 is 2.76 bits per heavy atom. The average Bonchev–Trinajstić information content (AvgIpc) is 3.30. The molecule has 1 aromatic heterocycles. The minimum absolute atomic E-state index is 0.549. The van der Waals surface area contributed by atoms with Crippen LogP contribution in [0.5, 0.6) is 0 Å². The predicted molar refractivity (Wildman–Crippen MR) is 88.4 cm³/mol. The molecule has 1 heterocycles. The third-order valence-electron chi connectivity index (χ3n) is 4.94. The summed E-state index contributed by atoms with van der Waals surface area (Å²) in [6, 6.07) is 8.97. The molecular weight excluding hydrogens is 258 g/mol. The van der Waals surface area contributed by atoms with Crippen molar-refractivity contribution in [3.63, 3.8) is 0 Å². The van der Waals surface area contributed by atoms with Gasteiger partial charge in [-0.1, -0.05) is 26.0 Å². The number of rotatable bonds is 7. The van der Waals surface area contributed by atoms with E-state index in [0.717, 1.165) is 30.3 Å². The van der Waals surface area contributed by atoms with E-state index in [4.69, 9.17) is 4.98 Å². The number of benzene rings is 1. The van der Waals surface area contributed by atoms with Gasteiger partial charge < -0.3 is 9.88 Å². The van der Waals surface area contributed by atoms with Gasteiger partial charge in [-0.15, -0.1) is 0 Å². The fourth-order valence-electron chi connectivity index (χ4n) is 3.30. The highest BCUT2D eigenvalue weighted by Crippen LogP contribution is 2.38. The Bertz CT molecular complexity index is 598. The van der Waals surface area contributed by atoms with E-state index in [9.17, 15) is 0 Å². The molecule has 1 aliphatic carbocycles. The van der Waals surface area contributed by atoms with Gasteiger partial charge in [0.05, 0.1) is 11.0 Å². The molecule has 1 saturated carbocycles. The lowest BCUT2D eigenvalue weighted by atomic mass is 9.93. The van der Waals surface area contributed by atoms with Crippen molar-refractivity contribution in [2.75, 3.05) is 6.54 Å². The third kappa shape index (κ3) is 3.13. The SMILES string of the molecule is CCCNC(Cc1nc2ccccc2n1C)C(C)C1CC1. The van der Waals surface area contributed by atoms with Gasteiger partial charge in [-0.2, -0.15) is 0 Å². The summed E-state index contributed by atoms with van der Waals surface area (Å²) in [5.41, 5.74) is 2.35. The maximum Gasteiger partial charge on any atom is 0.111 e. The number of hydrogen-bond donors (Lipinski definition) is 1. The second-order valence-electron chi connectivity index (χ2n) is 6.54. The Morgan fingerprint density at radius 1 is 1.33 bits per heavy atom. The van der Waals surface area contributed by atoms with Gasteiger partial charge in [0.1, 0.15) is 5.82 Å². The summed E-state index contributed by atoms with van der Waals surface area (Å²) in [5.74, 6) is 2.88. The Labute approximate surface area is 127 Å². The van der Waals surface area contributed by atoms with Crippen LogP contribution in [0.4, 0.5) is 0 Å². The summed E-state index contributed by atoms with van der Waals surface area (Å²) < 4.78 is 2.26. The molecular formula is C18H27N3. The van der Waals surface area contributed by atoms with E-state index in [1.165, 1.54) is 30.6 Å². The Morgan fingerprint density at radius 2 is 2.10 bits per heavy atom. The zero-order valence-corrected chi connectivity index (χ0v) is 13.5. The van der Waals surface area contributed by atoms with Crippen LogP contribution in [0.25, 0.3) is 11.0 Å². The van der Waals surface area contributed by atoms with Crippen LogP contribution in [-0.2, 0) is 13.5 Å². The van der Waals surface area contributed by atoms with E-state index in [1.54, 1.807) is 0 Å². The number of imidazole rings is 1. The second-order valence-corrected chi connectivity index (χ2v) is 6.54. The lowest BCUT2D eigenvalue weighted by Crippen LogP contribution is -2.39. The highest BCUT2D eigenvalue weighted by molar-refractivity contribution is 5.75. The monoisotopic (exact) mass is 285 g/mol. The van der Waals surface area contributed by atoms with Crippen LogP contribution in [-0.4, -0.2) is 22.1 Å². The Balaban J connectivity index is 1.80. The third-order valence-corrected chi connectivity index (χ3v) is 4.94. The van der Waals surface area contributed by atoms with E-state index in [2.05, 4.69) is 55.0 Å². The number of para-hydroxylation sites is 2. The van der Waals surface area contributed by atoms with E-state index in [0.29, 0.717) is 6.04 Å². The fraction of sp³-hybridized carbons (Fsp3) is 0.611. The van der Waals surface area contributed by atoms with Crippen molar-refractivity contribution in [3.8, 4) is 0 Å². The molecule has 0 spiro atoms. The van der Waals surface area contributed by atoms with Gasteiger partial charge in [-0.3, -0.25) is 0 Å². The van der Waals surface area contributed by atoms with E-state index < -0.39 is 0 Å². The van der Waals surface area contributed by atoms with Crippen molar-refractivity contribution < 1.29 is 0 Å². The van der Waals surface area contributed by atoms with Crippen LogP contribution >= 0.6 is 0 Å². The number of aryl methyl sites for hydroxylation is 1. The van der Waals surface area contributed by atoms with Crippen molar-refractivity contribution in [2.24, 2.45) is 18.9 Å². The minimum atomic E-state index is 0.549. The summed E-state index contributed by atoms with van der Waals surface area (Å²) in [5, 5.41) is 3.76. The molecule has 0 amide bonds. The smallest absolute Gasteiger partial charge is 0.111 e. The van der Waals surface area contributed by atoms with Crippen molar-refractivity contribution in [1.82, 2.24) is 14.9 Å². The van der Waals surface area contributed by atoms with Crippen LogP contribution in [0, 0.1) is 11.8 Å². The molecule has 1 aromatic carbocycles. The topological polar surface area (TPSA) is 29.9 Å². The maximum atomic E-state index is 4.85. The first-order valence-electron chi connectivity index (χ1n) is 8.34. The van der Waals surface area contributed by atoms with Crippen molar-refractivity contribution >= 4 is 11.0 Å². The van der Waals surface area contributed by atoms with Gasteiger partial charge in [-0.25, -0.2) is 4.98 Å². The summed E-state index contributed by atoms with van der Waals surface area (Å²) >= 11 is 0. The lowest BCUT2D eigenvalue weighted by molar-refractivity contribution is 0.334. The van der Waals surface area contributed by atoms with Crippen molar-refractivity contribution in [2.45, 2.75) is 45.6 Å². The molecule has 3 rings (SSSR count). The molecule has 1 fully saturated rings. The van der Waals surface area contributed by atoms with Crippen LogP contribution in [0.15, 0.2) is 24.3 Å². The summed E-state index contributed by atoms with van der Waals surface area (Å²) in [6.07, 6.45) is 5.04. The van der Waals surface area contributed by atoms with Gasteiger partial charge in [0, 0.05) is 19.5 Å². The molecule has 1 aliphatic rings. The summed E-state index contributed by atoms with van der Waals surface area (Å²) in [7, 11) is 2.14. The van der Waals surface area contributed by atoms with Crippen molar-refractivity contribution in [3.05, 3.63) is 30.1 Å². The normalized spacial score (nSPS) is 18.0. The van der Waals surface area contributed by atoms with Gasteiger partial charge in [-0.05, 0) is 49.8 Å². The highest BCUT2D eigenvalue weighted by atomic mass is 15.1. The zero-order chi connectivity index (χ0) is 14.8. The number of nitrogens with one attached hydrogen (secondary N) is 1. The summed E-state index contributed by atoms with van der Waals surface area (Å²) in [6.45, 7) is 5.75. The van der Waals surface area contributed by atoms with Crippen LogP contribution in [0.3, 0.4) is 0 Å². The molecule has 2 atom stereocenters. The summed E-state index contributed by atoms with van der Waals surface area (Å²) in [4.78, 5) is 4.85. The fourth-order valence-corrected chi connectivity index (χ4v) is 3.30. The first-order chi connectivity index (χ1) is 10.2. The molecule has 114 valence electrons. The van der Waals surface area contributed by atoms with Crippen LogP contribution in [0.1, 0.15) is 38.9 Å². The number of fused-ring (bicyclic) bond motifs is 1. The minimum Gasteiger partial charge on any atom is -0.331 e. The molecule has 0 radical (unpaired) electrons. The standard InChI is InChI=1S/C18H27N3/c1-4-11-19-16(13(2)14-9-10-14)12-18-20-15-7-5-6-8-17(15)21(18)3/h5-8,13-14,16,19H,4,9-12H2,1-3H3. The van der Waals surface area contributed by atoms with Gasteiger partial charge >= 0.3 is 0 Å². The molecule has 2 unspecified atom stereocenters. The molecule has 0 saturated heterocycles. The number of aromatic nitrogens is 2. The van der Waals surface area contributed by atoms with Crippen LogP contribution < -0.4 is 5.32 Å².